The predicted molar refractivity (Wildman–Crippen MR) is 95.4 cm³/mol. The second-order valence-electron chi connectivity index (χ2n) is 4.64. The van der Waals surface area contributed by atoms with Crippen LogP contribution < -0.4 is 4.74 Å². The molecular weight excluding hydrogens is 415 g/mol. The second kappa shape index (κ2) is 6.39. The molecule has 0 aliphatic rings. The van der Waals surface area contributed by atoms with Crippen molar-refractivity contribution in [3.8, 4) is 11.5 Å². The summed E-state index contributed by atoms with van der Waals surface area (Å²) in [4.78, 5) is 0. The van der Waals surface area contributed by atoms with E-state index in [0.717, 1.165) is 31.4 Å². The first-order valence-electron chi connectivity index (χ1n) is 6.37. The SMILES string of the molecule is ClCc1ccc(Oc2ccc3cc(Br)ccc3c2)cc1Br. The fourth-order valence-electron chi connectivity index (χ4n) is 2.09. The normalized spacial score (nSPS) is 10.8. The lowest BCUT2D eigenvalue weighted by molar-refractivity contribution is 0.483. The maximum absolute atomic E-state index is 5.91. The summed E-state index contributed by atoms with van der Waals surface area (Å²) in [5.74, 6) is 2.08. The number of hydrogen-bond donors (Lipinski definition) is 0. The van der Waals surface area contributed by atoms with Crippen LogP contribution in [0, 0.1) is 0 Å². The highest BCUT2D eigenvalue weighted by atomic mass is 79.9. The summed E-state index contributed by atoms with van der Waals surface area (Å²) >= 11 is 12.8. The van der Waals surface area contributed by atoms with Crippen molar-refractivity contribution >= 4 is 54.2 Å². The summed E-state index contributed by atoms with van der Waals surface area (Å²) in [7, 11) is 0. The van der Waals surface area contributed by atoms with E-state index in [2.05, 4.69) is 50.1 Å². The van der Waals surface area contributed by atoms with Crippen molar-refractivity contribution in [2.45, 2.75) is 5.88 Å². The molecule has 0 saturated heterocycles. The first-order valence-corrected chi connectivity index (χ1v) is 8.49. The molecule has 0 amide bonds. The quantitative estimate of drug-likeness (QED) is 0.414. The van der Waals surface area contributed by atoms with Crippen LogP contribution in [0.2, 0.25) is 0 Å². The molecule has 3 aromatic carbocycles. The van der Waals surface area contributed by atoms with Crippen LogP contribution in [0.15, 0.2) is 63.5 Å². The molecule has 0 heterocycles. The fourth-order valence-corrected chi connectivity index (χ4v) is 3.37. The molecule has 0 aromatic heterocycles. The van der Waals surface area contributed by atoms with E-state index < -0.39 is 0 Å². The summed E-state index contributed by atoms with van der Waals surface area (Å²) in [6.45, 7) is 0. The second-order valence-corrected chi connectivity index (χ2v) is 6.68. The molecule has 3 rings (SSSR count). The first-order chi connectivity index (χ1) is 10.2. The Morgan fingerprint density at radius 2 is 1.48 bits per heavy atom. The van der Waals surface area contributed by atoms with Gasteiger partial charge in [-0.05, 0) is 52.7 Å². The van der Waals surface area contributed by atoms with E-state index in [1.54, 1.807) is 0 Å². The average molecular weight is 427 g/mol. The molecule has 0 spiro atoms. The number of halogens is 3. The molecule has 0 fully saturated rings. The van der Waals surface area contributed by atoms with Crippen molar-refractivity contribution < 1.29 is 4.74 Å². The summed E-state index contributed by atoms with van der Waals surface area (Å²) in [5.41, 5.74) is 1.05. The molecule has 0 unspecified atom stereocenters. The lowest BCUT2D eigenvalue weighted by Gasteiger charge is -2.09. The number of rotatable bonds is 3. The van der Waals surface area contributed by atoms with Crippen LogP contribution in [-0.4, -0.2) is 0 Å². The van der Waals surface area contributed by atoms with Crippen LogP contribution in [0.5, 0.6) is 11.5 Å². The monoisotopic (exact) mass is 424 g/mol. The van der Waals surface area contributed by atoms with E-state index in [-0.39, 0.29) is 0 Å². The van der Waals surface area contributed by atoms with Gasteiger partial charge in [-0.25, -0.2) is 0 Å². The van der Waals surface area contributed by atoms with Gasteiger partial charge in [0.2, 0.25) is 0 Å². The molecule has 1 nitrogen and oxygen atoms in total. The van der Waals surface area contributed by atoms with Crippen LogP contribution in [0.4, 0.5) is 0 Å². The van der Waals surface area contributed by atoms with Gasteiger partial charge in [0.15, 0.2) is 0 Å². The summed E-state index contributed by atoms with van der Waals surface area (Å²) in [6, 6.07) is 18.1. The van der Waals surface area contributed by atoms with Crippen molar-refractivity contribution in [3.63, 3.8) is 0 Å². The molecule has 0 atom stereocenters. The molecular formula is C17H11Br2ClO. The Morgan fingerprint density at radius 3 is 2.24 bits per heavy atom. The van der Waals surface area contributed by atoms with Gasteiger partial charge in [0.05, 0.1) is 0 Å². The molecule has 0 N–H and O–H groups in total. The maximum atomic E-state index is 5.91. The Balaban J connectivity index is 1.91. The molecule has 21 heavy (non-hydrogen) atoms. The number of ether oxygens (including phenoxy) is 1. The van der Waals surface area contributed by atoms with Crippen LogP contribution in [0.25, 0.3) is 10.8 Å². The lowest BCUT2D eigenvalue weighted by Crippen LogP contribution is -1.87. The molecule has 0 radical (unpaired) electrons. The topological polar surface area (TPSA) is 9.23 Å². The largest absolute Gasteiger partial charge is 0.457 e. The van der Waals surface area contributed by atoms with Crippen molar-refractivity contribution in [2.24, 2.45) is 0 Å². The highest BCUT2D eigenvalue weighted by Crippen LogP contribution is 2.30. The van der Waals surface area contributed by atoms with Gasteiger partial charge in [-0.2, -0.15) is 0 Å². The third-order valence-electron chi connectivity index (χ3n) is 3.18. The van der Waals surface area contributed by atoms with Crippen LogP contribution in [0.3, 0.4) is 0 Å². The third-order valence-corrected chi connectivity index (χ3v) is 4.70. The number of hydrogen-bond acceptors (Lipinski definition) is 1. The Labute approximate surface area is 145 Å². The van der Waals surface area contributed by atoms with E-state index in [9.17, 15) is 0 Å². The molecule has 0 aliphatic heterocycles. The molecule has 0 bridgehead atoms. The average Bonchev–Trinajstić information content (AvgIpc) is 2.48. The number of fused-ring (bicyclic) bond motifs is 1. The number of benzene rings is 3. The van der Waals surface area contributed by atoms with Crippen molar-refractivity contribution in [2.75, 3.05) is 0 Å². The standard InChI is InChI=1S/C17H11Br2ClO/c18-14-4-1-12-8-15(5-2-11(12)7-14)21-16-6-3-13(10-20)17(19)9-16/h1-9H,10H2. The molecule has 0 aliphatic carbocycles. The van der Waals surface area contributed by atoms with Crippen LogP contribution >= 0.6 is 43.5 Å². The highest BCUT2D eigenvalue weighted by molar-refractivity contribution is 9.10. The number of alkyl halides is 1. The van der Waals surface area contributed by atoms with Gasteiger partial charge in [0, 0.05) is 14.8 Å². The van der Waals surface area contributed by atoms with Crippen molar-refractivity contribution in [3.05, 3.63) is 69.1 Å². The van der Waals surface area contributed by atoms with Gasteiger partial charge in [0.25, 0.3) is 0 Å². The zero-order valence-corrected chi connectivity index (χ0v) is 14.9. The van der Waals surface area contributed by atoms with E-state index in [1.807, 2.05) is 36.4 Å². The minimum absolute atomic E-state index is 0.478. The molecule has 0 saturated carbocycles. The Hall–Kier alpha value is -1.03. The first kappa shape index (κ1) is 14.9. The van der Waals surface area contributed by atoms with Crippen LogP contribution in [0.1, 0.15) is 5.56 Å². The van der Waals surface area contributed by atoms with Crippen molar-refractivity contribution in [1.82, 2.24) is 0 Å². The summed E-state index contributed by atoms with van der Waals surface area (Å²) in [5, 5.41) is 2.32. The summed E-state index contributed by atoms with van der Waals surface area (Å²) < 4.78 is 7.94. The van der Waals surface area contributed by atoms with Gasteiger partial charge in [-0.1, -0.05) is 50.1 Å². The zero-order chi connectivity index (χ0) is 14.8. The highest BCUT2D eigenvalue weighted by Gasteiger charge is 2.04. The lowest BCUT2D eigenvalue weighted by atomic mass is 10.1. The smallest absolute Gasteiger partial charge is 0.128 e. The van der Waals surface area contributed by atoms with E-state index >= 15 is 0 Å². The molecule has 106 valence electrons. The Bertz CT molecular complexity index is 802. The Kier molecular flexibility index (Phi) is 4.53. The van der Waals surface area contributed by atoms with Crippen LogP contribution in [-0.2, 0) is 5.88 Å². The van der Waals surface area contributed by atoms with Gasteiger partial charge < -0.3 is 4.74 Å². The zero-order valence-electron chi connectivity index (χ0n) is 10.9. The van der Waals surface area contributed by atoms with E-state index in [4.69, 9.17) is 16.3 Å². The minimum atomic E-state index is 0.478. The van der Waals surface area contributed by atoms with Gasteiger partial charge >= 0.3 is 0 Å². The maximum Gasteiger partial charge on any atom is 0.128 e. The summed E-state index contributed by atoms with van der Waals surface area (Å²) in [6.07, 6.45) is 0. The van der Waals surface area contributed by atoms with Gasteiger partial charge in [-0.3, -0.25) is 0 Å². The fraction of sp³-hybridized carbons (Fsp3) is 0.0588. The van der Waals surface area contributed by atoms with E-state index in [1.165, 1.54) is 5.39 Å². The molecule has 4 heteroatoms. The van der Waals surface area contributed by atoms with E-state index in [0.29, 0.717) is 5.88 Å². The molecule has 3 aromatic rings. The van der Waals surface area contributed by atoms with Crippen molar-refractivity contribution in [1.29, 1.82) is 0 Å². The third kappa shape index (κ3) is 3.42. The minimum Gasteiger partial charge on any atom is -0.457 e. The van der Waals surface area contributed by atoms with Gasteiger partial charge in [-0.15, -0.1) is 11.6 Å². The predicted octanol–water partition coefficient (Wildman–Crippen LogP) is 6.90. The Morgan fingerprint density at radius 1 is 0.810 bits per heavy atom. The van der Waals surface area contributed by atoms with Gasteiger partial charge in [0.1, 0.15) is 11.5 Å².